The molecule has 0 heterocycles. The van der Waals surface area contributed by atoms with Crippen LogP contribution in [0.4, 0.5) is 0 Å². The first kappa shape index (κ1) is 23.1. The fourth-order valence-electron chi connectivity index (χ4n) is 4.61. The molecule has 1 aliphatic carbocycles. The van der Waals surface area contributed by atoms with Gasteiger partial charge in [-0.1, -0.05) is 61.6 Å². The van der Waals surface area contributed by atoms with Crippen molar-refractivity contribution in [2.24, 2.45) is 5.92 Å². The molecule has 1 saturated carbocycles. The summed E-state index contributed by atoms with van der Waals surface area (Å²) in [6.07, 6.45) is 5.60. The van der Waals surface area contributed by atoms with Gasteiger partial charge in [-0.25, -0.2) is 0 Å². The molecule has 0 aromatic heterocycles. The molecule has 33 heavy (non-hydrogen) atoms. The minimum Gasteiger partial charge on any atom is -0.489 e. The van der Waals surface area contributed by atoms with Crippen molar-refractivity contribution < 1.29 is 14.3 Å². The number of carbonyl (C=O) groups is 1. The van der Waals surface area contributed by atoms with E-state index < -0.39 is 0 Å². The third-order valence-electron chi connectivity index (χ3n) is 6.80. The van der Waals surface area contributed by atoms with E-state index in [0.29, 0.717) is 25.6 Å². The number of benzene rings is 3. The van der Waals surface area contributed by atoms with Crippen LogP contribution < -0.4 is 9.47 Å². The van der Waals surface area contributed by atoms with Crippen LogP contribution in [0, 0.1) is 26.7 Å². The zero-order valence-electron chi connectivity index (χ0n) is 20.0. The zero-order valence-corrected chi connectivity index (χ0v) is 20.0. The summed E-state index contributed by atoms with van der Waals surface area (Å²) >= 11 is 0. The summed E-state index contributed by atoms with van der Waals surface area (Å²) in [5.74, 6) is 2.55. The Morgan fingerprint density at radius 2 is 1.48 bits per heavy atom. The van der Waals surface area contributed by atoms with E-state index in [9.17, 15) is 4.79 Å². The number of aryl methyl sites for hydroxylation is 1. The molecule has 3 heteroatoms. The van der Waals surface area contributed by atoms with Gasteiger partial charge in [0.1, 0.15) is 24.7 Å². The smallest absolute Gasteiger partial charge is 0.163 e. The predicted molar refractivity (Wildman–Crippen MR) is 133 cm³/mol. The number of Topliss-reactive ketones (excluding diaryl/α,β-unsaturated/α-hetero) is 1. The summed E-state index contributed by atoms with van der Waals surface area (Å²) in [6, 6.07) is 20.3. The van der Waals surface area contributed by atoms with Gasteiger partial charge in [-0.15, -0.1) is 0 Å². The van der Waals surface area contributed by atoms with Gasteiger partial charge in [0.15, 0.2) is 5.78 Å². The van der Waals surface area contributed by atoms with Crippen LogP contribution in [-0.4, -0.2) is 5.78 Å². The van der Waals surface area contributed by atoms with Crippen molar-refractivity contribution in [3.63, 3.8) is 0 Å². The number of ketones is 1. The molecule has 0 amide bonds. The van der Waals surface area contributed by atoms with E-state index in [4.69, 9.17) is 9.47 Å². The average Bonchev–Trinajstić information content (AvgIpc) is 3.33. The molecule has 0 N–H and O–H groups in total. The van der Waals surface area contributed by atoms with Gasteiger partial charge in [0.25, 0.3) is 0 Å². The first-order chi connectivity index (χ1) is 16.0. The van der Waals surface area contributed by atoms with Crippen LogP contribution in [0.2, 0.25) is 0 Å². The zero-order chi connectivity index (χ0) is 23.2. The minimum absolute atomic E-state index is 0.273. The molecule has 0 unspecified atom stereocenters. The van der Waals surface area contributed by atoms with Gasteiger partial charge in [-0.2, -0.15) is 0 Å². The SMILES string of the molecule is Cc1ccc(OCc2cccc(COc3ccc(C(=O)CC4CCCC4)c(C)c3C)c2)cc1. The van der Waals surface area contributed by atoms with Gasteiger partial charge in [0.2, 0.25) is 0 Å². The van der Waals surface area contributed by atoms with Crippen molar-refractivity contribution in [2.45, 2.75) is 66.1 Å². The first-order valence-corrected chi connectivity index (χ1v) is 12.0. The maximum absolute atomic E-state index is 12.8. The molecule has 4 rings (SSSR count). The van der Waals surface area contributed by atoms with Crippen molar-refractivity contribution >= 4 is 5.78 Å². The summed E-state index contributed by atoms with van der Waals surface area (Å²) in [4.78, 5) is 12.8. The Labute approximate surface area is 197 Å². The molecule has 172 valence electrons. The third kappa shape index (κ3) is 6.04. The highest BCUT2D eigenvalue weighted by molar-refractivity contribution is 5.98. The van der Waals surface area contributed by atoms with E-state index in [1.54, 1.807) is 0 Å². The lowest BCUT2D eigenvalue weighted by atomic mass is 9.92. The normalized spacial score (nSPS) is 13.8. The Kier molecular flexibility index (Phi) is 7.49. The number of rotatable bonds is 9. The Hall–Kier alpha value is -3.07. The second-order valence-electron chi connectivity index (χ2n) is 9.35. The minimum atomic E-state index is 0.273. The van der Waals surface area contributed by atoms with Gasteiger partial charge in [-0.05, 0) is 79.3 Å². The standard InChI is InChI=1S/C30H34O3/c1-21-11-13-27(14-12-21)32-19-25-9-6-10-26(17-25)20-33-30-16-15-28(22(2)23(30)3)29(31)18-24-7-4-5-8-24/h6,9-17,24H,4-5,7-8,18-20H2,1-3H3. The molecule has 0 bridgehead atoms. The molecule has 3 aromatic rings. The Bertz CT molecular complexity index is 1090. The van der Waals surface area contributed by atoms with E-state index in [1.807, 2.05) is 44.2 Å². The highest BCUT2D eigenvalue weighted by Crippen LogP contribution is 2.31. The van der Waals surface area contributed by atoms with Crippen LogP contribution in [-0.2, 0) is 13.2 Å². The lowest BCUT2D eigenvalue weighted by Gasteiger charge is -2.15. The molecule has 0 saturated heterocycles. The third-order valence-corrected chi connectivity index (χ3v) is 6.80. The summed E-state index contributed by atoms with van der Waals surface area (Å²) < 4.78 is 12.1. The van der Waals surface area contributed by atoms with Gasteiger partial charge in [0, 0.05) is 12.0 Å². The molecule has 1 fully saturated rings. The fraction of sp³-hybridized carbons (Fsp3) is 0.367. The van der Waals surface area contributed by atoms with Crippen LogP contribution >= 0.6 is 0 Å². The lowest BCUT2D eigenvalue weighted by molar-refractivity contribution is 0.0961. The highest BCUT2D eigenvalue weighted by Gasteiger charge is 2.21. The van der Waals surface area contributed by atoms with Gasteiger partial charge in [-0.3, -0.25) is 4.79 Å². The van der Waals surface area contributed by atoms with E-state index in [1.165, 1.54) is 31.2 Å². The maximum atomic E-state index is 12.8. The Morgan fingerprint density at radius 1 is 0.818 bits per heavy atom. The predicted octanol–water partition coefficient (Wildman–Crippen LogP) is 7.53. The molecule has 0 radical (unpaired) electrons. The molecular formula is C30H34O3. The average molecular weight is 443 g/mol. The van der Waals surface area contributed by atoms with Crippen LogP contribution in [0.25, 0.3) is 0 Å². The lowest BCUT2D eigenvalue weighted by Crippen LogP contribution is -2.09. The van der Waals surface area contributed by atoms with Gasteiger partial charge in [0.05, 0.1) is 0 Å². The first-order valence-electron chi connectivity index (χ1n) is 12.0. The summed E-state index contributed by atoms with van der Waals surface area (Å²) in [7, 11) is 0. The largest absolute Gasteiger partial charge is 0.489 e. The van der Waals surface area contributed by atoms with E-state index in [2.05, 4.69) is 37.3 Å². The number of hydrogen-bond donors (Lipinski definition) is 0. The monoisotopic (exact) mass is 442 g/mol. The van der Waals surface area contributed by atoms with Gasteiger partial charge < -0.3 is 9.47 Å². The number of hydrogen-bond acceptors (Lipinski definition) is 3. The van der Waals surface area contributed by atoms with E-state index >= 15 is 0 Å². The fourth-order valence-corrected chi connectivity index (χ4v) is 4.61. The van der Waals surface area contributed by atoms with Crippen LogP contribution in [0.5, 0.6) is 11.5 Å². The van der Waals surface area contributed by atoms with Crippen molar-refractivity contribution in [1.82, 2.24) is 0 Å². The van der Waals surface area contributed by atoms with Crippen molar-refractivity contribution in [2.75, 3.05) is 0 Å². The van der Waals surface area contributed by atoms with Crippen LogP contribution in [0.3, 0.4) is 0 Å². The highest BCUT2D eigenvalue weighted by atomic mass is 16.5. The van der Waals surface area contributed by atoms with Crippen molar-refractivity contribution in [1.29, 1.82) is 0 Å². The van der Waals surface area contributed by atoms with Crippen molar-refractivity contribution in [3.8, 4) is 11.5 Å². The quantitative estimate of drug-likeness (QED) is 0.321. The maximum Gasteiger partial charge on any atom is 0.163 e. The second kappa shape index (κ2) is 10.7. The summed E-state index contributed by atoms with van der Waals surface area (Å²) in [5, 5.41) is 0. The molecule has 0 spiro atoms. The van der Waals surface area contributed by atoms with Crippen LogP contribution in [0.15, 0.2) is 60.7 Å². The molecule has 0 aliphatic heterocycles. The van der Waals surface area contributed by atoms with Gasteiger partial charge >= 0.3 is 0 Å². The van der Waals surface area contributed by atoms with E-state index in [0.717, 1.165) is 39.3 Å². The summed E-state index contributed by atoms with van der Waals surface area (Å²) in [5.41, 5.74) is 6.36. The van der Waals surface area contributed by atoms with Crippen LogP contribution in [0.1, 0.15) is 70.3 Å². The van der Waals surface area contributed by atoms with E-state index in [-0.39, 0.29) is 5.78 Å². The number of carbonyl (C=O) groups excluding carboxylic acids is 1. The Morgan fingerprint density at radius 3 is 2.18 bits per heavy atom. The number of ether oxygens (including phenoxy) is 2. The topological polar surface area (TPSA) is 35.5 Å². The summed E-state index contributed by atoms with van der Waals surface area (Å²) in [6.45, 7) is 7.15. The Balaban J connectivity index is 1.36. The molecule has 3 aromatic carbocycles. The molecule has 3 nitrogen and oxygen atoms in total. The molecule has 1 aliphatic rings. The molecular weight excluding hydrogens is 408 g/mol. The molecule has 0 atom stereocenters. The van der Waals surface area contributed by atoms with Crippen molar-refractivity contribution in [3.05, 3.63) is 94.0 Å². The second-order valence-corrected chi connectivity index (χ2v) is 9.35.